The Balaban J connectivity index is 2.78. The lowest BCUT2D eigenvalue weighted by atomic mass is 10.3. The Kier molecular flexibility index (Phi) is 4.86. The number of carboxylic acid groups (broad SMARTS) is 1. The van der Waals surface area contributed by atoms with Gasteiger partial charge in [0, 0.05) is 0 Å². The number of hydrogen-bond acceptors (Lipinski definition) is 6. The highest BCUT2D eigenvalue weighted by Crippen LogP contribution is 2.06. The minimum atomic E-state index is -4.25. The van der Waals surface area contributed by atoms with Crippen molar-refractivity contribution in [2.45, 2.75) is 20.0 Å². The van der Waals surface area contributed by atoms with Crippen LogP contribution in [0.25, 0.3) is 0 Å². The van der Waals surface area contributed by atoms with Crippen molar-refractivity contribution in [2.24, 2.45) is 0 Å². The molecule has 0 aliphatic heterocycles. The smallest absolute Gasteiger partial charge is 0.422 e. The predicted octanol–water partition coefficient (Wildman–Crippen LogP) is 0.571. The highest BCUT2D eigenvalue weighted by atomic mass is 32.2. The van der Waals surface area contributed by atoms with E-state index >= 15 is 0 Å². The van der Waals surface area contributed by atoms with Crippen LogP contribution in [0.3, 0.4) is 0 Å². The molecule has 1 rings (SSSR count). The van der Waals surface area contributed by atoms with E-state index in [9.17, 15) is 18.0 Å². The van der Waals surface area contributed by atoms with Gasteiger partial charge < -0.3 is 9.84 Å². The number of nitrogens with one attached hydrogen (secondary N) is 2. The van der Waals surface area contributed by atoms with Crippen LogP contribution < -0.4 is 9.44 Å². The molecule has 3 N–H and O–H groups in total. The first-order valence-electron chi connectivity index (χ1n) is 5.41. The van der Waals surface area contributed by atoms with E-state index < -0.39 is 28.4 Å². The number of carboxylic acids is 1. The minimum Gasteiger partial charge on any atom is -0.477 e. The Bertz CT molecular complexity index is 613. The van der Waals surface area contributed by atoms with Crippen LogP contribution in [0.1, 0.15) is 24.3 Å². The van der Waals surface area contributed by atoms with Gasteiger partial charge in [0.05, 0.1) is 6.10 Å². The zero-order chi connectivity index (χ0) is 15.3. The van der Waals surface area contributed by atoms with Crippen LogP contribution >= 0.6 is 0 Å². The van der Waals surface area contributed by atoms with Crippen LogP contribution in [0.15, 0.2) is 18.2 Å². The van der Waals surface area contributed by atoms with E-state index in [2.05, 4.69) is 9.72 Å². The monoisotopic (exact) mass is 303 g/mol. The normalized spacial score (nSPS) is 10.9. The summed E-state index contributed by atoms with van der Waals surface area (Å²) in [5.41, 5.74) is -0.338. The first kappa shape index (κ1) is 15.7. The topological polar surface area (TPSA) is 135 Å². The van der Waals surface area contributed by atoms with Gasteiger partial charge in [0.1, 0.15) is 5.82 Å². The number of ether oxygens (including phenoxy) is 1. The van der Waals surface area contributed by atoms with E-state index in [0.717, 1.165) is 0 Å². The van der Waals surface area contributed by atoms with Gasteiger partial charge >= 0.3 is 22.3 Å². The number of carbonyl (C=O) groups excluding carboxylic acids is 1. The highest BCUT2D eigenvalue weighted by molar-refractivity contribution is 7.91. The maximum absolute atomic E-state index is 11.6. The fourth-order valence-corrected chi connectivity index (χ4v) is 1.83. The van der Waals surface area contributed by atoms with Crippen molar-refractivity contribution < 1.29 is 27.9 Å². The molecule has 20 heavy (non-hydrogen) atoms. The summed E-state index contributed by atoms with van der Waals surface area (Å²) in [6, 6.07) is 3.74. The molecule has 0 unspecified atom stereocenters. The average molecular weight is 303 g/mol. The summed E-state index contributed by atoms with van der Waals surface area (Å²) in [7, 11) is -4.25. The van der Waals surface area contributed by atoms with E-state index in [1.54, 1.807) is 18.6 Å². The average Bonchev–Trinajstić information content (AvgIpc) is 2.26. The molecule has 9 nitrogen and oxygen atoms in total. The van der Waals surface area contributed by atoms with Crippen LogP contribution in [0.5, 0.6) is 0 Å². The summed E-state index contributed by atoms with van der Waals surface area (Å²) in [5, 5.41) is 8.72. The van der Waals surface area contributed by atoms with Crippen LogP contribution in [0.4, 0.5) is 10.6 Å². The fraction of sp³-hybridized carbons (Fsp3) is 0.300. The summed E-state index contributed by atoms with van der Waals surface area (Å²) in [5.74, 6) is -1.55. The molecule has 0 spiro atoms. The number of aromatic nitrogens is 1. The van der Waals surface area contributed by atoms with Gasteiger partial charge in [0.25, 0.3) is 0 Å². The molecule has 0 fully saturated rings. The number of hydrogen-bond donors (Lipinski definition) is 3. The Morgan fingerprint density at radius 3 is 2.55 bits per heavy atom. The Labute approximate surface area is 115 Å². The van der Waals surface area contributed by atoms with Crippen molar-refractivity contribution in [2.75, 3.05) is 4.72 Å². The molecule has 110 valence electrons. The number of rotatable bonds is 5. The standard InChI is InChI=1S/C10H13N3O6S/c1-6(2)19-10(16)13-20(17,18)12-8-5-3-4-7(11-8)9(14)15/h3-6H,1-2H3,(H,11,12)(H,13,16)(H,14,15). The summed E-state index contributed by atoms with van der Waals surface area (Å²) >= 11 is 0. The molecule has 10 heteroatoms. The fourth-order valence-electron chi connectivity index (χ4n) is 1.12. The van der Waals surface area contributed by atoms with Crippen molar-refractivity contribution in [3.05, 3.63) is 23.9 Å². The Hall–Kier alpha value is -2.36. The lowest BCUT2D eigenvalue weighted by molar-refractivity contribution is 0.0690. The third kappa shape index (κ3) is 5.10. The number of pyridine rings is 1. The maximum atomic E-state index is 11.6. The minimum absolute atomic E-state index is 0.241. The van der Waals surface area contributed by atoms with Crippen molar-refractivity contribution in [3.63, 3.8) is 0 Å². The van der Waals surface area contributed by atoms with Crippen LogP contribution in [0, 0.1) is 0 Å². The molecule has 0 saturated heterocycles. The molecule has 0 aromatic carbocycles. The second-order valence-electron chi connectivity index (χ2n) is 3.87. The molecule has 0 aliphatic carbocycles. The molecular formula is C10H13N3O6S. The molecule has 1 heterocycles. The lowest BCUT2D eigenvalue weighted by Crippen LogP contribution is -2.37. The van der Waals surface area contributed by atoms with E-state index in [-0.39, 0.29) is 11.5 Å². The number of carbonyl (C=O) groups is 2. The van der Waals surface area contributed by atoms with E-state index in [1.165, 1.54) is 18.2 Å². The summed E-state index contributed by atoms with van der Waals surface area (Å²) in [6.07, 6.45) is -1.64. The lowest BCUT2D eigenvalue weighted by Gasteiger charge is -2.11. The van der Waals surface area contributed by atoms with E-state index in [0.29, 0.717) is 0 Å². The Morgan fingerprint density at radius 2 is 2.00 bits per heavy atom. The first-order valence-corrected chi connectivity index (χ1v) is 6.89. The van der Waals surface area contributed by atoms with Gasteiger partial charge in [-0.05, 0) is 26.0 Å². The first-order chi connectivity index (χ1) is 9.19. The summed E-state index contributed by atoms with van der Waals surface area (Å²) in [6.45, 7) is 3.11. The third-order valence-electron chi connectivity index (χ3n) is 1.77. The molecule has 0 saturated carbocycles. The molecule has 1 aromatic rings. The predicted molar refractivity (Wildman–Crippen MR) is 68.5 cm³/mol. The quantitative estimate of drug-likeness (QED) is 0.723. The van der Waals surface area contributed by atoms with Crippen LogP contribution in [-0.4, -0.2) is 36.7 Å². The van der Waals surface area contributed by atoms with Crippen molar-refractivity contribution in [3.8, 4) is 0 Å². The molecule has 0 bridgehead atoms. The molecule has 1 aromatic heterocycles. The van der Waals surface area contributed by atoms with E-state index in [1.807, 2.05) is 4.72 Å². The van der Waals surface area contributed by atoms with Gasteiger partial charge in [-0.15, -0.1) is 0 Å². The Morgan fingerprint density at radius 1 is 1.35 bits per heavy atom. The van der Waals surface area contributed by atoms with E-state index in [4.69, 9.17) is 5.11 Å². The second kappa shape index (κ2) is 6.19. The zero-order valence-corrected chi connectivity index (χ0v) is 11.5. The van der Waals surface area contributed by atoms with Crippen molar-refractivity contribution >= 4 is 28.1 Å². The number of aromatic carboxylic acids is 1. The zero-order valence-electron chi connectivity index (χ0n) is 10.7. The highest BCUT2D eigenvalue weighted by Gasteiger charge is 2.17. The molecular weight excluding hydrogens is 290 g/mol. The van der Waals surface area contributed by atoms with Gasteiger partial charge in [-0.2, -0.15) is 8.42 Å². The molecule has 0 atom stereocenters. The summed E-state index contributed by atoms with van der Waals surface area (Å²) < 4.78 is 31.2. The number of nitrogens with zero attached hydrogens (tertiary/aromatic N) is 1. The molecule has 0 aliphatic rings. The molecule has 1 amide bonds. The van der Waals surface area contributed by atoms with Crippen molar-refractivity contribution in [1.29, 1.82) is 0 Å². The van der Waals surface area contributed by atoms with Gasteiger partial charge in [-0.3, -0.25) is 4.72 Å². The summed E-state index contributed by atoms with van der Waals surface area (Å²) in [4.78, 5) is 25.4. The number of anilines is 1. The second-order valence-corrected chi connectivity index (χ2v) is 5.29. The van der Waals surface area contributed by atoms with Crippen LogP contribution in [0.2, 0.25) is 0 Å². The van der Waals surface area contributed by atoms with Gasteiger partial charge in [0.15, 0.2) is 5.69 Å². The van der Waals surface area contributed by atoms with Gasteiger partial charge in [-0.1, -0.05) is 6.07 Å². The van der Waals surface area contributed by atoms with Gasteiger partial charge in [-0.25, -0.2) is 19.3 Å². The SMILES string of the molecule is CC(C)OC(=O)NS(=O)(=O)Nc1cccc(C(=O)O)n1. The van der Waals surface area contributed by atoms with Crippen LogP contribution in [-0.2, 0) is 14.9 Å². The number of amides is 1. The third-order valence-corrected chi connectivity index (χ3v) is 2.68. The largest absolute Gasteiger partial charge is 0.477 e. The van der Waals surface area contributed by atoms with Gasteiger partial charge in [0.2, 0.25) is 0 Å². The molecule has 0 radical (unpaired) electrons. The maximum Gasteiger partial charge on any atom is 0.422 e. The van der Waals surface area contributed by atoms with Crippen molar-refractivity contribution in [1.82, 2.24) is 9.71 Å².